The van der Waals surface area contributed by atoms with Gasteiger partial charge in [0.25, 0.3) is 17.7 Å². The van der Waals surface area contributed by atoms with Gasteiger partial charge in [0.1, 0.15) is 17.1 Å². The summed E-state index contributed by atoms with van der Waals surface area (Å²) in [5, 5.41) is 4.90. The number of hydrogen-bond donors (Lipinski definition) is 2. The summed E-state index contributed by atoms with van der Waals surface area (Å²) >= 11 is 0. The van der Waals surface area contributed by atoms with E-state index in [1.54, 1.807) is 66.7 Å². The van der Waals surface area contributed by atoms with Gasteiger partial charge in [-0.15, -0.1) is 0 Å². The van der Waals surface area contributed by atoms with E-state index in [2.05, 4.69) is 10.6 Å². The van der Waals surface area contributed by atoms with Gasteiger partial charge in [0.15, 0.2) is 18.1 Å². The lowest BCUT2D eigenvalue weighted by Crippen LogP contribution is -2.54. The van der Waals surface area contributed by atoms with Crippen LogP contribution in [0.2, 0.25) is 0 Å². The first kappa shape index (κ1) is 27.7. The zero-order valence-electron chi connectivity index (χ0n) is 22.1. The van der Waals surface area contributed by atoms with Crippen LogP contribution in [0.25, 0.3) is 6.08 Å². The second-order valence-corrected chi connectivity index (χ2v) is 8.33. The van der Waals surface area contributed by atoms with Gasteiger partial charge in [0.05, 0.1) is 32.2 Å². The maximum absolute atomic E-state index is 13.2. The first-order chi connectivity index (χ1) is 19.3. The number of hydrogen-bond acceptors (Lipinski definition) is 8. The molecule has 0 spiro atoms. The maximum atomic E-state index is 13.2. The predicted molar refractivity (Wildman–Crippen MR) is 147 cm³/mol. The second-order valence-electron chi connectivity index (χ2n) is 8.33. The summed E-state index contributed by atoms with van der Waals surface area (Å²) in [6, 6.07) is 17.1. The smallest absolute Gasteiger partial charge is 0.335 e. The number of methoxy groups -OCH3 is 2. The van der Waals surface area contributed by atoms with E-state index < -0.39 is 23.8 Å². The fourth-order valence-electron chi connectivity index (χ4n) is 3.89. The molecule has 0 aliphatic carbocycles. The Morgan fingerprint density at radius 1 is 0.900 bits per heavy atom. The lowest BCUT2D eigenvalue weighted by atomic mass is 10.1. The lowest BCUT2D eigenvalue weighted by molar-refractivity contribution is -0.122. The van der Waals surface area contributed by atoms with Gasteiger partial charge in [0.2, 0.25) is 0 Å². The van der Waals surface area contributed by atoms with Crippen molar-refractivity contribution < 1.29 is 38.1 Å². The quantitative estimate of drug-likeness (QED) is 0.291. The highest BCUT2D eigenvalue weighted by molar-refractivity contribution is 6.39. The summed E-state index contributed by atoms with van der Waals surface area (Å²) < 4.78 is 21.6. The molecule has 0 unspecified atom stereocenters. The van der Waals surface area contributed by atoms with Crippen LogP contribution >= 0.6 is 0 Å². The molecule has 206 valence electrons. The van der Waals surface area contributed by atoms with Crippen LogP contribution in [0.3, 0.4) is 0 Å². The number of rotatable bonds is 10. The molecule has 40 heavy (non-hydrogen) atoms. The Hall–Kier alpha value is -5.32. The highest BCUT2D eigenvalue weighted by Gasteiger charge is 2.36. The molecular weight excluding hydrogens is 518 g/mol. The minimum Gasteiger partial charge on any atom is -0.495 e. The van der Waals surface area contributed by atoms with Gasteiger partial charge in [-0.05, 0) is 67.1 Å². The molecule has 1 heterocycles. The number of urea groups is 1. The first-order valence-corrected chi connectivity index (χ1v) is 12.2. The third kappa shape index (κ3) is 6.21. The zero-order valence-corrected chi connectivity index (χ0v) is 22.1. The molecule has 1 aliphatic rings. The number of imide groups is 2. The maximum Gasteiger partial charge on any atom is 0.335 e. The van der Waals surface area contributed by atoms with E-state index in [1.807, 2.05) is 6.92 Å². The fraction of sp³-hybridized carbons (Fsp3) is 0.172. The minimum absolute atomic E-state index is 0.250. The van der Waals surface area contributed by atoms with Crippen LogP contribution in [0.1, 0.15) is 12.5 Å². The molecule has 0 aromatic heterocycles. The summed E-state index contributed by atoms with van der Waals surface area (Å²) in [7, 11) is 2.92. The molecule has 3 aromatic rings. The highest BCUT2D eigenvalue weighted by atomic mass is 16.5. The monoisotopic (exact) mass is 545 g/mol. The molecule has 4 rings (SSSR count). The Bertz CT molecular complexity index is 1470. The molecule has 0 bridgehead atoms. The number of carbonyl (C=O) groups excluding carboxylic acids is 4. The number of nitrogens with zero attached hydrogens (tertiary/aromatic N) is 1. The zero-order chi connectivity index (χ0) is 28.6. The molecule has 3 aromatic carbocycles. The van der Waals surface area contributed by atoms with Crippen LogP contribution in [0, 0.1) is 0 Å². The van der Waals surface area contributed by atoms with E-state index in [9.17, 15) is 19.2 Å². The average Bonchev–Trinajstić information content (AvgIpc) is 2.95. The van der Waals surface area contributed by atoms with Crippen LogP contribution in [-0.2, 0) is 14.4 Å². The number of anilines is 2. The number of amides is 5. The van der Waals surface area contributed by atoms with Gasteiger partial charge in [-0.2, -0.15) is 0 Å². The Morgan fingerprint density at radius 2 is 1.62 bits per heavy atom. The van der Waals surface area contributed by atoms with Gasteiger partial charge < -0.3 is 24.3 Å². The Kier molecular flexibility index (Phi) is 8.65. The van der Waals surface area contributed by atoms with Crippen LogP contribution in [0.5, 0.6) is 23.0 Å². The number of barbiturate groups is 1. The van der Waals surface area contributed by atoms with Crippen molar-refractivity contribution in [1.82, 2.24) is 5.32 Å². The second kappa shape index (κ2) is 12.5. The van der Waals surface area contributed by atoms with Crippen molar-refractivity contribution in [1.29, 1.82) is 0 Å². The summed E-state index contributed by atoms with van der Waals surface area (Å²) in [6.45, 7) is 1.99. The van der Waals surface area contributed by atoms with Gasteiger partial charge in [-0.1, -0.05) is 18.2 Å². The topological polar surface area (TPSA) is 132 Å². The Morgan fingerprint density at radius 3 is 2.33 bits per heavy atom. The third-order valence-corrected chi connectivity index (χ3v) is 5.75. The standard InChI is InChI=1S/C29H27N3O8/c1-4-39-20-12-10-19(11-13-20)32-28(35)21(27(34)31-29(32)36)15-18-9-14-24(25(16-18)38-3)40-17-26(33)30-22-7-5-6-8-23(22)37-2/h5-16H,4,17H2,1-3H3,(H,30,33)(H,31,34,36)/b21-15+. The van der Waals surface area contributed by atoms with Crippen molar-refractivity contribution in [3.05, 3.63) is 77.9 Å². The Labute approximate surface area is 230 Å². The summed E-state index contributed by atoms with van der Waals surface area (Å²) in [5.41, 5.74) is 0.959. The lowest BCUT2D eigenvalue weighted by Gasteiger charge is -2.26. The normalized spacial score (nSPS) is 14.0. The molecule has 1 fully saturated rings. The molecule has 5 amide bonds. The summed E-state index contributed by atoms with van der Waals surface area (Å²) in [6.07, 6.45) is 1.34. The van der Waals surface area contributed by atoms with E-state index in [-0.39, 0.29) is 29.4 Å². The molecule has 0 atom stereocenters. The van der Waals surface area contributed by atoms with Gasteiger partial charge in [-0.25, -0.2) is 9.69 Å². The van der Waals surface area contributed by atoms with Crippen LogP contribution in [-0.4, -0.2) is 51.2 Å². The summed E-state index contributed by atoms with van der Waals surface area (Å²) in [4.78, 5) is 51.5. The highest BCUT2D eigenvalue weighted by Crippen LogP contribution is 2.30. The first-order valence-electron chi connectivity index (χ1n) is 12.2. The van der Waals surface area contributed by atoms with Crippen molar-refractivity contribution in [2.75, 3.05) is 37.7 Å². The molecule has 1 aliphatic heterocycles. The number of nitrogens with one attached hydrogen (secondary N) is 2. The van der Waals surface area contributed by atoms with Crippen molar-refractivity contribution in [3.8, 4) is 23.0 Å². The predicted octanol–water partition coefficient (Wildman–Crippen LogP) is 3.79. The fourth-order valence-corrected chi connectivity index (χ4v) is 3.89. The van der Waals surface area contributed by atoms with E-state index in [0.717, 1.165) is 4.90 Å². The van der Waals surface area contributed by atoms with E-state index in [4.69, 9.17) is 18.9 Å². The molecule has 0 saturated carbocycles. The molecular formula is C29H27N3O8. The van der Waals surface area contributed by atoms with Crippen molar-refractivity contribution >= 4 is 41.2 Å². The van der Waals surface area contributed by atoms with Crippen molar-refractivity contribution in [2.24, 2.45) is 0 Å². The van der Waals surface area contributed by atoms with Crippen molar-refractivity contribution in [2.45, 2.75) is 6.92 Å². The number of ether oxygens (including phenoxy) is 4. The van der Waals surface area contributed by atoms with E-state index in [1.165, 1.54) is 20.3 Å². The summed E-state index contributed by atoms with van der Waals surface area (Å²) in [5.74, 6) is -0.409. The van der Waals surface area contributed by atoms with Gasteiger partial charge in [0, 0.05) is 0 Å². The van der Waals surface area contributed by atoms with Gasteiger partial charge >= 0.3 is 6.03 Å². The van der Waals surface area contributed by atoms with E-state index in [0.29, 0.717) is 29.4 Å². The molecule has 11 nitrogen and oxygen atoms in total. The van der Waals surface area contributed by atoms with E-state index >= 15 is 0 Å². The van der Waals surface area contributed by atoms with Crippen LogP contribution in [0.15, 0.2) is 72.3 Å². The van der Waals surface area contributed by atoms with Gasteiger partial charge in [-0.3, -0.25) is 19.7 Å². The average molecular weight is 546 g/mol. The van der Waals surface area contributed by atoms with Crippen LogP contribution in [0.4, 0.5) is 16.2 Å². The van der Waals surface area contributed by atoms with Crippen LogP contribution < -0.4 is 34.5 Å². The largest absolute Gasteiger partial charge is 0.495 e. The molecule has 1 saturated heterocycles. The number of benzene rings is 3. The van der Waals surface area contributed by atoms with Crippen molar-refractivity contribution in [3.63, 3.8) is 0 Å². The SMILES string of the molecule is CCOc1ccc(N2C(=O)NC(=O)/C(=C\c3ccc(OCC(=O)Nc4ccccc4OC)c(OC)c3)C2=O)cc1. The molecule has 11 heteroatoms. The molecule has 0 radical (unpaired) electrons. The number of carbonyl (C=O) groups is 4. The number of para-hydroxylation sites is 2. The molecule has 2 N–H and O–H groups in total. The minimum atomic E-state index is -0.857. The Balaban J connectivity index is 1.50. The third-order valence-electron chi connectivity index (χ3n) is 5.75.